The Labute approximate surface area is 296 Å². The number of carboxylic acid groups (broad SMARTS) is 1. The Balaban J connectivity index is 0.00000468. The van der Waals surface area contributed by atoms with Gasteiger partial charge in [-0.15, -0.1) is 0 Å². The van der Waals surface area contributed by atoms with Crippen LogP contribution in [0.4, 0.5) is 11.4 Å². The van der Waals surface area contributed by atoms with Gasteiger partial charge in [-0.3, -0.25) is 19.3 Å². The third kappa shape index (κ3) is 6.50. The summed E-state index contributed by atoms with van der Waals surface area (Å²) >= 11 is 0. The Morgan fingerprint density at radius 2 is 1.51 bits per heavy atom. The third-order valence-corrected chi connectivity index (χ3v) is 8.90. The van der Waals surface area contributed by atoms with Crippen LogP contribution in [0.5, 0.6) is 0 Å². The fourth-order valence-corrected chi connectivity index (χ4v) is 6.47. The fraction of sp³-hybridized carbons (Fsp3) is 0.237. The molecule has 0 fully saturated rings. The zero-order valence-corrected chi connectivity index (χ0v) is 28.3. The van der Waals surface area contributed by atoms with E-state index in [1.165, 1.54) is 18.2 Å². The first-order chi connectivity index (χ1) is 23.2. The standard InChI is InChI=1S/C38H36N4O6.Li/c1-5-40(6-2)24-14-17-29-32(20-24)48-33-21-25(41(7-3)8-4)15-18-30(33)35(29)26-11-9-10-12-27(26)36(45)39-23-13-16-28-31(19-23)38(47)42(37(28)46)22-34(43)44;/h9-21H,5-8,22H2,1-4H3,(H-,39,43,44,45,46);/q;+1. The molecule has 0 bridgehead atoms. The smallest absolute Gasteiger partial charge is 0.548 e. The van der Waals surface area contributed by atoms with Gasteiger partial charge in [-0.2, -0.15) is 0 Å². The van der Waals surface area contributed by atoms with Gasteiger partial charge in [0.1, 0.15) is 24.4 Å². The van der Waals surface area contributed by atoms with Crippen molar-refractivity contribution in [3.8, 4) is 22.5 Å². The molecular weight excluding hydrogens is 615 g/mol. The molecule has 0 spiro atoms. The Morgan fingerprint density at radius 1 is 0.816 bits per heavy atom. The number of hydrogen-bond acceptors (Lipinski definition) is 7. The Bertz CT molecular complexity index is 2150. The predicted octanol–water partition coefficient (Wildman–Crippen LogP) is 1.47. The summed E-state index contributed by atoms with van der Waals surface area (Å²) in [7, 11) is 0. The van der Waals surface area contributed by atoms with Crippen LogP contribution < -0.4 is 44.1 Å². The van der Waals surface area contributed by atoms with E-state index in [1.807, 2.05) is 36.4 Å². The van der Waals surface area contributed by atoms with Crippen LogP contribution in [0.3, 0.4) is 0 Å². The minimum Gasteiger partial charge on any atom is -0.548 e. The van der Waals surface area contributed by atoms with E-state index in [9.17, 15) is 24.3 Å². The number of anilines is 2. The van der Waals surface area contributed by atoms with Crippen molar-refractivity contribution >= 4 is 46.0 Å². The van der Waals surface area contributed by atoms with Gasteiger partial charge < -0.3 is 24.5 Å². The Morgan fingerprint density at radius 3 is 2.20 bits per heavy atom. The molecule has 1 N–H and O–H groups in total. The molecule has 0 atom stereocenters. The molecule has 49 heavy (non-hydrogen) atoms. The fourth-order valence-electron chi connectivity index (χ4n) is 6.47. The van der Waals surface area contributed by atoms with Gasteiger partial charge in [-0.05, 0) is 75.7 Å². The molecule has 3 amide bonds. The number of carbonyl (C=O) groups is 4. The second-order valence-corrected chi connectivity index (χ2v) is 11.5. The molecule has 2 heterocycles. The normalized spacial score (nSPS) is 12.2. The molecule has 0 aromatic heterocycles. The SMILES string of the molecule is CCN(CC)c1ccc2c(-c3ccccc3C(=O)Nc3ccc4c(c3)C(=O)N(CC(=O)[O-])C4=O)c3ccc(=[N+](CC)CC)cc-3oc2c1.[Li+]. The van der Waals surface area contributed by atoms with Crippen LogP contribution >= 0.6 is 0 Å². The number of nitrogens with zero attached hydrogens (tertiary/aromatic N) is 3. The minimum absolute atomic E-state index is 0. The summed E-state index contributed by atoms with van der Waals surface area (Å²) in [5, 5.41) is 15.9. The molecule has 6 rings (SSSR count). The molecule has 3 aromatic rings. The van der Waals surface area contributed by atoms with Gasteiger partial charge in [0.2, 0.25) is 5.36 Å². The van der Waals surface area contributed by atoms with Crippen molar-refractivity contribution in [3.05, 3.63) is 101 Å². The van der Waals surface area contributed by atoms with Crippen molar-refractivity contribution in [2.75, 3.05) is 42.9 Å². The van der Waals surface area contributed by atoms with Crippen molar-refractivity contribution < 1.29 is 47.6 Å². The quantitative estimate of drug-likeness (QED) is 0.105. The second-order valence-electron chi connectivity index (χ2n) is 11.5. The summed E-state index contributed by atoms with van der Waals surface area (Å²) in [5.74, 6) is -2.75. The van der Waals surface area contributed by atoms with Crippen molar-refractivity contribution in [3.63, 3.8) is 0 Å². The average Bonchev–Trinajstić information content (AvgIpc) is 3.31. The first kappa shape index (κ1) is 35.1. The minimum atomic E-state index is -1.54. The van der Waals surface area contributed by atoms with Crippen LogP contribution in [0, 0.1) is 0 Å². The number of imide groups is 1. The number of nitrogens with one attached hydrogen (secondary N) is 1. The van der Waals surface area contributed by atoms with E-state index in [0.717, 1.165) is 53.7 Å². The number of aliphatic carboxylic acids is 1. The van der Waals surface area contributed by atoms with E-state index >= 15 is 0 Å². The topological polar surface area (TPSA) is 126 Å². The number of carbonyl (C=O) groups excluding carboxylic acids is 4. The van der Waals surface area contributed by atoms with Crippen molar-refractivity contribution in [1.82, 2.24) is 9.48 Å². The van der Waals surface area contributed by atoms with E-state index in [-0.39, 0.29) is 35.7 Å². The van der Waals surface area contributed by atoms with Crippen molar-refractivity contribution in [2.24, 2.45) is 0 Å². The largest absolute Gasteiger partial charge is 1.00 e. The number of carboxylic acids is 1. The zero-order valence-electron chi connectivity index (χ0n) is 28.3. The maximum atomic E-state index is 14.0. The number of benzene rings is 4. The van der Waals surface area contributed by atoms with E-state index in [4.69, 9.17) is 4.42 Å². The maximum absolute atomic E-state index is 14.0. The molecule has 11 heteroatoms. The first-order valence-electron chi connectivity index (χ1n) is 16.1. The predicted molar refractivity (Wildman–Crippen MR) is 183 cm³/mol. The monoisotopic (exact) mass is 651 g/mol. The van der Waals surface area contributed by atoms with Crippen LogP contribution in [-0.4, -0.2) is 61.3 Å². The molecule has 0 unspecified atom stereocenters. The van der Waals surface area contributed by atoms with Crippen LogP contribution in [0.2, 0.25) is 0 Å². The van der Waals surface area contributed by atoms with Gasteiger partial charge in [0, 0.05) is 58.7 Å². The maximum Gasteiger partial charge on any atom is 1.00 e. The van der Waals surface area contributed by atoms with Gasteiger partial charge in [0.05, 0.1) is 29.7 Å². The third-order valence-electron chi connectivity index (χ3n) is 8.90. The second kappa shape index (κ2) is 14.5. The molecule has 10 nitrogen and oxygen atoms in total. The van der Waals surface area contributed by atoms with Crippen LogP contribution in [-0.2, 0) is 4.79 Å². The average molecular weight is 652 g/mol. The van der Waals surface area contributed by atoms with Crippen molar-refractivity contribution in [1.29, 1.82) is 0 Å². The van der Waals surface area contributed by atoms with Gasteiger partial charge >= 0.3 is 18.9 Å². The van der Waals surface area contributed by atoms with Crippen LogP contribution in [0.25, 0.3) is 33.4 Å². The molecular formula is C38H36LiN4O6+. The van der Waals surface area contributed by atoms with Crippen LogP contribution in [0.1, 0.15) is 58.8 Å². The van der Waals surface area contributed by atoms with E-state index < -0.39 is 30.2 Å². The molecule has 3 aliphatic rings. The molecule has 1 aliphatic carbocycles. The summed E-state index contributed by atoms with van der Waals surface area (Å²) in [6.45, 7) is 11.0. The van der Waals surface area contributed by atoms with E-state index in [1.54, 1.807) is 12.1 Å². The zero-order chi connectivity index (χ0) is 34.1. The molecule has 0 saturated carbocycles. The Hall–Kier alpha value is -5.17. The molecule has 0 saturated heterocycles. The summed E-state index contributed by atoms with van der Waals surface area (Å²) < 4.78 is 8.85. The van der Waals surface area contributed by atoms with Crippen molar-refractivity contribution in [2.45, 2.75) is 27.7 Å². The molecule has 2 aliphatic heterocycles. The Kier molecular flexibility index (Phi) is 10.4. The van der Waals surface area contributed by atoms with E-state index in [2.05, 4.69) is 54.6 Å². The van der Waals surface area contributed by atoms with Gasteiger partial charge in [-0.1, -0.05) is 18.2 Å². The number of hydrogen-bond donors (Lipinski definition) is 1. The number of amides is 3. The first-order valence-corrected chi connectivity index (χ1v) is 16.1. The van der Waals surface area contributed by atoms with Gasteiger partial charge in [0.25, 0.3) is 17.7 Å². The van der Waals surface area contributed by atoms with Gasteiger partial charge in [0.15, 0.2) is 0 Å². The molecule has 3 aromatic carbocycles. The van der Waals surface area contributed by atoms with Gasteiger partial charge in [-0.25, -0.2) is 4.58 Å². The number of rotatable bonds is 10. The molecule has 244 valence electrons. The summed E-state index contributed by atoms with van der Waals surface area (Å²) in [6, 6.07) is 23.9. The van der Waals surface area contributed by atoms with Crippen LogP contribution in [0.15, 0.2) is 83.3 Å². The van der Waals surface area contributed by atoms with E-state index in [0.29, 0.717) is 27.4 Å². The molecule has 0 radical (unpaired) electrons. The summed E-state index contributed by atoms with van der Waals surface area (Å²) in [6.07, 6.45) is 0. The number of fused-ring (bicyclic) bond motifs is 3. The summed E-state index contributed by atoms with van der Waals surface area (Å²) in [4.78, 5) is 53.4. The summed E-state index contributed by atoms with van der Waals surface area (Å²) in [5.41, 5.74) is 4.89.